The number of aliphatic hydroxyl groups is 1. The van der Waals surface area contributed by atoms with Crippen molar-refractivity contribution in [1.29, 1.82) is 0 Å². The number of likely N-dealkylation sites (tertiary alicyclic amines) is 1. The second kappa shape index (κ2) is 10.7. The summed E-state index contributed by atoms with van der Waals surface area (Å²) in [6, 6.07) is 15.1. The molecule has 2 aliphatic heterocycles. The number of ether oxygens (including phenoxy) is 3. The minimum Gasteiger partial charge on any atom is -0.507 e. The predicted octanol–water partition coefficient (Wildman–Crippen LogP) is 4.65. The number of carbonyl (C=O) groups excluding carboxylic acids is 2. The monoisotopic (exact) mass is 500 g/mol. The Kier molecular flexibility index (Phi) is 7.07. The Bertz CT molecular complexity index is 1320. The van der Waals surface area contributed by atoms with Crippen LogP contribution >= 0.6 is 0 Å². The van der Waals surface area contributed by atoms with Gasteiger partial charge in [0.05, 0.1) is 18.2 Å². The van der Waals surface area contributed by atoms with E-state index in [-0.39, 0.29) is 17.9 Å². The lowest BCUT2D eigenvalue weighted by Gasteiger charge is -2.26. The number of ketones is 1. The number of hydrogen-bond donors (Lipinski definition) is 1. The molecule has 1 unspecified atom stereocenters. The number of hydrogen-bond acceptors (Lipinski definition) is 7. The number of amides is 1. The summed E-state index contributed by atoms with van der Waals surface area (Å²) in [5.74, 6) is 0.0671. The first-order chi connectivity index (χ1) is 18.1. The highest BCUT2D eigenvalue weighted by molar-refractivity contribution is 6.46. The van der Waals surface area contributed by atoms with Crippen LogP contribution in [0.2, 0.25) is 0 Å². The van der Waals surface area contributed by atoms with Gasteiger partial charge in [0.25, 0.3) is 11.7 Å². The molecule has 1 aromatic heterocycles. The molecule has 1 N–H and O–H groups in total. The SMILES string of the molecule is CCCCOc1ccc(C2C(=C(O)c3ccc4c(c3)OCCO4)C(=O)C(=O)N2Cc2ccncc2)cc1. The Labute approximate surface area is 215 Å². The summed E-state index contributed by atoms with van der Waals surface area (Å²) < 4.78 is 17.0. The topological polar surface area (TPSA) is 98.2 Å². The zero-order valence-electron chi connectivity index (χ0n) is 20.6. The standard InChI is InChI=1S/C29H28N2O6/c1-2-3-14-35-22-7-4-20(5-8-22)26-25(27(32)21-6-9-23-24(17-21)37-16-15-36-23)28(33)29(34)31(26)18-19-10-12-30-13-11-19/h4-13,17,26,32H,2-3,14-16,18H2,1H3. The fourth-order valence-corrected chi connectivity index (χ4v) is 4.50. The van der Waals surface area contributed by atoms with Gasteiger partial charge in [0.2, 0.25) is 0 Å². The van der Waals surface area contributed by atoms with Crippen molar-refractivity contribution in [3.63, 3.8) is 0 Å². The number of rotatable bonds is 8. The summed E-state index contributed by atoms with van der Waals surface area (Å²) in [7, 11) is 0. The molecule has 0 aliphatic carbocycles. The molecule has 1 fully saturated rings. The van der Waals surface area contributed by atoms with Gasteiger partial charge in [-0.2, -0.15) is 0 Å². The van der Waals surface area contributed by atoms with Gasteiger partial charge in [-0.05, 0) is 60.0 Å². The van der Waals surface area contributed by atoms with Crippen molar-refractivity contribution in [2.24, 2.45) is 0 Å². The molecule has 8 heteroatoms. The maximum absolute atomic E-state index is 13.3. The molecule has 8 nitrogen and oxygen atoms in total. The smallest absolute Gasteiger partial charge is 0.295 e. The van der Waals surface area contributed by atoms with Gasteiger partial charge in [0.15, 0.2) is 11.5 Å². The van der Waals surface area contributed by atoms with Crippen molar-refractivity contribution in [3.05, 3.63) is 89.3 Å². The van der Waals surface area contributed by atoms with E-state index in [1.54, 1.807) is 42.7 Å². The number of aliphatic hydroxyl groups excluding tert-OH is 1. The zero-order valence-corrected chi connectivity index (χ0v) is 20.6. The Morgan fingerprint density at radius 3 is 2.49 bits per heavy atom. The van der Waals surface area contributed by atoms with E-state index in [1.165, 1.54) is 4.90 Å². The van der Waals surface area contributed by atoms with Crippen molar-refractivity contribution in [2.75, 3.05) is 19.8 Å². The first-order valence-electron chi connectivity index (χ1n) is 12.4. The summed E-state index contributed by atoms with van der Waals surface area (Å²) in [4.78, 5) is 32.1. The lowest BCUT2D eigenvalue weighted by Crippen LogP contribution is -2.29. The number of carbonyl (C=O) groups is 2. The normalized spacial score (nSPS) is 18.2. The van der Waals surface area contributed by atoms with Crippen LogP contribution in [0.1, 0.15) is 42.5 Å². The van der Waals surface area contributed by atoms with Crippen LogP contribution in [0, 0.1) is 0 Å². The molecule has 3 aromatic rings. The maximum Gasteiger partial charge on any atom is 0.295 e. The Morgan fingerprint density at radius 1 is 1.03 bits per heavy atom. The molecule has 1 amide bonds. The third kappa shape index (κ3) is 5.00. The summed E-state index contributed by atoms with van der Waals surface area (Å²) in [6.45, 7) is 3.72. The van der Waals surface area contributed by atoms with E-state index >= 15 is 0 Å². The molecule has 0 saturated carbocycles. The van der Waals surface area contributed by atoms with Crippen LogP contribution in [0.15, 0.2) is 72.6 Å². The van der Waals surface area contributed by atoms with E-state index < -0.39 is 17.7 Å². The third-order valence-corrected chi connectivity index (χ3v) is 6.42. The van der Waals surface area contributed by atoms with Crippen LogP contribution in [0.25, 0.3) is 5.76 Å². The maximum atomic E-state index is 13.3. The summed E-state index contributed by atoms with van der Waals surface area (Å²) in [5.41, 5.74) is 1.90. The molecule has 0 bridgehead atoms. The fraction of sp³-hybridized carbons (Fsp3) is 0.276. The lowest BCUT2D eigenvalue weighted by molar-refractivity contribution is -0.140. The van der Waals surface area contributed by atoms with Gasteiger partial charge in [0.1, 0.15) is 24.7 Å². The van der Waals surface area contributed by atoms with E-state index in [2.05, 4.69) is 11.9 Å². The van der Waals surface area contributed by atoms with E-state index in [1.807, 2.05) is 24.3 Å². The first kappa shape index (κ1) is 24.4. The Balaban J connectivity index is 1.56. The molecule has 37 heavy (non-hydrogen) atoms. The van der Waals surface area contributed by atoms with Crippen molar-refractivity contribution < 1.29 is 28.9 Å². The lowest BCUT2D eigenvalue weighted by atomic mass is 9.95. The van der Waals surface area contributed by atoms with Crippen molar-refractivity contribution in [2.45, 2.75) is 32.4 Å². The van der Waals surface area contributed by atoms with E-state index in [9.17, 15) is 14.7 Å². The zero-order chi connectivity index (χ0) is 25.8. The number of Topliss-reactive ketones (excluding diaryl/α,β-unsaturated/α-hetero) is 1. The average Bonchev–Trinajstić information content (AvgIpc) is 3.18. The van der Waals surface area contributed by atoms with Gasteiger partial charge >= 0.3 is 0 Å². The highest BCUT2D eigenvalue weighted by Crippen LogP contribution is 2.42. The van der Waals surface area contributed by atoms with Gasteiger partial charge in [-0.15, -0.1) is 0 Å². The molecule has 1 saturated heterocycles. The van der Waals surface area contributed by atoms with Crippen molar-refractivity contribution in [3.8, 4) is 17.2 Å². The second-order valence-corrected chi connectivity index (χ2v) is 8.91. The highest BCUT2D eigenvalue weighted by Gasteiger charge is 2.46. The van der Waals surface area contributed by atoms with E-state index in [0.717, 1.165) is 18.4 Å². The molecule has 2 aliphatic rings. The predicted molar refractivity (Wildman–Crippen MR) is 136 cm³/mol. The second-order valence-electron chi connectivity index (χ2n) is 8.91. The number of pyridine rings is 1. The molecule has 0 radical (unpaired) electrons. The molecule has 5 rings (SSSR count). The minimum atomic E-state index is -0.786. The van der Waals surface area contributed by atoms with Crippen LogP contribution < -0.4 is 14.2 Å². The van der Waals surface area contributed by atoms with E-state index in [4.69, 9.17) is 14.2 Å². The molecule has 3 heterocycles. The molecular weight excluding hydrogens is 472 g/mol. The summed E-state index contributed by atoms with van der Waals surface area (Å²) in [5, 5.41) is 11.4. The van der Waals surface area contributed by atoms with Gasteiger partial charge in [-0.25, -0.2) is 0 Å². The minimum absolute atomic E-state index is 0.0235. The number of fused-ring (bicyclic) bond motifs is 1. The summed E-state index contributed by atoms with van der Waals surface area (Å²) in [6.07, 6.45) is 5.25. The van der Waals surface area contributed by atoms with Gasteiger partial charge in [0, 0.05) is 24.5 Å². The van der Waals surface area contributed by atoms with E-state index in [0.29, 0.717) is 48.2 Å². The fourth-order valence-electron chi connectivity index (χ4n) is 4.50. The summed E-state index contributed by atoms with van der Waals surface area (Å²) >= 11 is 0. The highest BCUT2D eigenvalue weighted by atomic mass is 16.6. The van der Waals surface area contributed by atoms with Gasteiger partial charge < -0.3 is 24.2 Å². The van der Waals surface area contributed by atoms with Crippen LogP contribution in [-0.2, 0) is 16.1 Å². The number of nitrogens with zero attached hydrogens (tertiary/aromatic N) is 2. The first-order valence-corrected chi connectivity index (χ1v) is 12.4. The quantitative estimate of drug-likeness (QED) is 0.208. The molecule has 190 valence electrons. The van der Waals surface area contributed by atoms with Crippen LogP contribution in [-0.4, -0.2) is 46.5 Å². The largest absolute Gasteiger partial charge is 0.507 e. The number of aromatic nitrogens is 1. The Hall–Kier alpha value is -4.33. The van der Waals surface area contributed by atoms with Crippen LogP contribution in [0.3, 0.4) is 0 Å². The third-order valence-electron chi connectivity index (χ3n) is 6.42. The van der Waals surface area contributed by atoms with Crippen molar-refractivity contribution in [1.82, 2.24) is 9.88 Å². The van der Waals surface area contributed by atoms with Crippen LogP contribution in [0.4, 0.5) is 0 Å². The number of benzene rings is 2. The molecule has 0 spiro atoms. The number of unbranched alkanes of at least 4 members (excludes halogenated alkanes) is 1. The molecular formula is C29H28N2O6. The van der Waals surface area contributed by atoms with Crippen LogP contribution in [0.5, 0.6) is 17.2 Å². The van der Waals surface area contributed by atoms with Gasteiger partial charge in [-0.3, -0.25) is 14.6 Å². The average molecular weight is 501 g/mol. The van der Waals surface area contributed by atoms with Gasteiger partial charge in [-0.1, -0.05) is 25.5 Å². The molecule has 2 aromatic carbocycles. The Morgan fingerprint density at radius 2 is 1.76 bits per heavy atom. The molecule has 1 atom stereocenters. The van der Waals surface area contributed by atoms with Crippen molar-refractivity contribution >= 4 is 17.4 Å².